The van der Waals surface area contributed by atoms with Crippen molar-refractivity contribution in [3.05, 3.63) is 0 Å². The summed E-state index contributed by atoms with van der Waals surface area (Å²) in [6.45, 7) is 0.351. The Labute approximate surface area is 153 Å². The van der Waals surface area contributed by atoms with Crippen LogP contribution in [0.4, 0.5) is 0 Å². The van der Waals surface area contributed by atoms with Gasteiger partial charge in [-0.15, -0.1) is 0 Å². The van der Waals surface area contributed by atoms with Gasteiger partial charge < -0.3 is 37.0 Å². The third-order valence-corrected chi connectivity index (χ3v) is 3.49. The average molecular weight is 394 g/mol. The van der Waals surface area contributed by atoms with Crippen molar-refractivity contribution in [2.75, 3.05) is 12.4 Å². The molecule has 0 spiro atoms. The number of carbonyl (C=O) groups excluding carboxylic acids is 3. The molecule has 0 aliphatic heterocycles. The second-order valence-corrected chi connectivity index (χ2v) is 5.63. The van der Waals surface area contributed by atoms with Gasteiger partial charge in [0.2, 0.25) is 17.7 Å². The lowest BCUT2D eigenvalue weighted by Gasteiger charge is -2.22. The van der Waals surface area contributed by atoms with E-state index in [2.05, 4.69) is 23.3 Å². The molecule has 8 N–H and O–H groups in total. The Hall–Kier alpha value is -2.38. The van der Waals surface area contributed by atoms with E-state index in [9.17, 15) is 24.0 Å². The van der Waals surface area contributed by atoms with E-state index in [1.807, 2.05) is 5.32 Å². The first-order valence-corrected chi connectivity index (χ1v) is 7.99. The zero-order valence-electron chi connectivity index (χ0n) is 13.8. The minimum absolute atomic E-state index is 0.0379. The van der Waals surface area contributed by atoms with Gasteiger partial charge in [0, 0.05) is 5.75 Å². The fourth-order valence-corrected chi connectivity index (χ4v) is 1.77. The Balaban J connectivity index is 4.95. The van der Waals surface area contributed by atoms with Crippen molar-refractivity contribution in [3.8, 4) is 0 Å². The number of aliphatic carboxylic acids is 2. The van der Waals surface area contributed by atoms with Crippen molar-refractivity contribution in [3.63, 3.8) is 0 Å². The van der Waals surface area contributed by atoms with Gasteiger partial charge in [0.25, 0.3) is 0 Å². The van der Waals surface area contributed by atoms with Gasteiger partial charge in [-0.05, 0) is 6.92 Å². The van der Waals surface area contributed by atoms with Gasteiger partial charge in [-0.2, -0.15) is 12.6 Å². The van der Waals surface area contributed by atoms with Gasteiger partial charge in [0.05, 0.1) is 19.1 Å². The molecule has 0 aliphatic rings. The van der Waals surface area contributed by atoms with Gasteiger partial charge in [-0.25, -0.2) is 4.79 Å². The first-order valence-electron chi connectivity index (χ1n) is 7.36. The molecule has 4 atom stereocenters. The number of aliphatic hydroxyl groups excluding tert-OH is 1. The van der Waals surface area contributed by atoms with E-state index >= 15 is 0 Å². The third kappa shape index (κ3) is 8.13. The Bertz CT molecular complexity index is 558. The van der Waals surface area contributed by atoms with Crippen molar-refractivity contribution >= 4 is 42.3 Å². The standard InChI is InChI=1S/C13H22N4O8S/c1-5(10(21)17-8(3-18)13(24)25)15-12(23)7(2-9(19)20)16-11(22)6(14)4-26/h5-8,18,26H,2-4,14H2,1H3,(H,15,23)(H,16,22)(H,17,21)(H,19,20)(H,24,25). The maximum atomic E-state index is 12.1. The van der Waals surface area contributed by atoms with E-state index in [0.29, 0.717) is 0 Å². The van der Waals surface area contributed by atoms with Crippen molar-refractivity contribution in [1.29, 1.82) is 0 Å². The van der Waals surface area contributed by atoms with Gasteiger partial charge in [0.15, 0.2) is 0 Å². The molecule has 13 heteroatoms. The topological polar surface area (TPSA) is 208 Å². The molecule has 0 rings (SSSR count). The van der Waals surface area contributed by atoms with Crippen LogP contribution in [0.1, 0.15) is 13.3 Å². The third-order valence-electron chi connectivity index (χ3n) is 3.09. The predicted octanol–water partition coefficient (Wildman–Crippen LogP) is -3.73. The molecule has 0 fully saturated rings. The van der Waals surface area contributed by atoms with Crippen LogP contribution >= 0.6 is 12.6 Å². The van der Waals surface area contributed by atoms with Crippen LogP contribution in [0, 0.1) is 0 Å². The second kappa shape index (κ2) is 11.3. The van der Waals surface area contributed by atoms with Crippen molar-refractivity contribution in [2.45, 2.75) is 37.5 Å². The summed E-state index contributed by atoms with van der Waals surface area (Å²) >= 11 is 3.81. The zero-order chi connectivity index (χ0) is 20.4. The number of hydrogen-bond donors (Lipinski definition) is 8. The molecule has 0 heterocycles. The van der Waals surface area contributed by atoms with Crippen LogP contribution in [0.15, 0.2) is 0 Å². The summed E-state index contributed by atoms with van der Waals surface area (Å²) in [6, 6.07) is -5.40. The molecule has 0 saturated heterocycles. The Morgan fingerprint density at radius 2 is 1.50 bits per heavy atom. The molecule has 0 saturated carbocycles. The fraction of sp³-hybridized carbons (Fsp3) is 0.615. The average Bonchev–Trinajstić information content (AvgIpc) is 2.56. The normalized spacial score (nSPS) is 15.1. The number of carboxylic acids is 2. The number of hydrogen-bond acceptors (Lipinski definition) is 8. The molecule has 12 nitrogen and oxygen atoms in total. The lowest BCUT2D eigenvalue weighted by Crippen LogP contribution is -2.57. The maximum absolute atomic E-state index is 12.1. The SMILES string of the molecule is CC(NC(=O)C(CC(=O)O)NC(=O)C(N)CS)C(=O)NC(CO)C(=O)O. The van der Waals surface area contributed by atoms with Crippen LogP contribution in [0.5, 0.6) is 0 Å². The number of thiol groups is 1. The highest BCUT2D eigenvalue weighted by atomic mass is 32.1. The van der Waals surface area contributed by atoms with E-state index in [-0.39, 0.29) is 5.75 Å². The van der Waals surface area contributed by atoms with Crippen LogP contribution < -0.4 is 21.7 Å². The summed E-state index contributed by atoms with van der Waals surface area (Å²) < 4.78 is 0. The Morgan fingerprint density at radius 1 is 0.962 bits per heavy atom. The Kier molecular flexibility index (Phi) is 10.2. The zero-order valence-corrected chi connectivity index (χ0v) is 14.7. The highest BCUT2D eigenvalue weighted by Crippen LogP contribution is 1.97. The number of rotatable bonds is 11. The lowest BCUT2D eigenvalue weighted by molar-refractivity contribution is -0.144. The molecule has 0 bridgehead atoms. The molecule has 26 heavy (non-hydrogen) atoms. The van der Waals surface area contributed by atoms with Crippen molar-refractivity contribution in [2.24, 2.45) is 5.73 Å². The Morgan fingerprint density at radius 3 is 1.92 bits per heavy atom. The second-order valence-electron chi connectivity index (χ2n) is 5.26. The highest BCUT2D eigenvalue weighted by Gasteiger charge is 2.29. The number of carboxylic acid groups (broad SMARTS) is 2. The van der Waals surface area contributed by atoms with Crippen molar-refractivity contribution < 1.29 is 39.3 Å². The molecule has 4 unspecified atom stereocenters. The predicted molar refractivity (Wildman–Crippen MR) is 90.3 cm³/mol. The van der Waals surface area contributed by atoms with Crippen LogP contribution in [0.2, 0.25) is 0 Å². The van der Waals surface area contributed by atoms with Gasteiger partial charge in [0.1, 0.15) is 18.1 Å². The lowest BCUT2D eigenvalue weighted by atomic mass is 10.1. The van der Waals surface area contributed by atoms with E-state index < -0.39 is 66.9 Å². The first-order chi connectivity index (χ1) is 12.0. The highest BCUT2D eigenvalue weighted by molar-refractivity contribution is 7.80. The molecule has 148 valence electrons. The van der Waals surface area contributed by atoms with E-state index in [4.69, 9.17) is 21.1 Å². The summed E-state index contributed by atoms with van der Waals surface area (Å²) in [7, 11) is 0. The molecule has 3 amide bonds. The molecule has 0 aromatic rings. The molecule has 0 aromatic carbocycles. The summed E-state index contributed by atoms with van der Waals surface area (Å²) in [5.41, 5.74) is 5.43. The molecule has 0 aromatic heterocycles. The monoisotopic (exact) mass is 394 g/mol. The molecule has 0 aliphatic carbocycles. The smallest absolute Gasteiger partial charge is 0.328 e. The minimum Gasteiger partial charge on any atom is -0.481 e. The molecule has 0 radical (unpaired) electrons. The summed E-state index contributed by atoms with van der Waals surface area (Å²) in [4.78, 5) is 57.3. The summed E-state index contributed by atoms with van der Waals surface area (Å²) in [5.74, 6) is -5.60. The van der Waals surface area contributed by atoms with Crippen molar-refractivity contribution in [1.82, 2.24) is 16.0 Å². The van der Waals surface area contributed by atoms with E-state index in [1.165, 1.54) is 6.92 Å². The fourth-order valence-electron chi connectivity index (χ4n) is 1.61. The van der Waals surface area contributed by atoms with Crippen LogP contribution in [0.3, 0.4) is 0 Å². The number of aliphatic hydroxyl groups is 1. The maximum Gasteiger partial charge on any atom is 0.328 e. The number of nitrogens with two attached hydrogens (primary N) is 1. The van der Waals surface area contributed by atoms with E-state index in [0.717, 1.165) is 0 Å². The number of nitrogens with one attached hydrogen (secondary N) is 3. The largest absolute Gasteiger partial charge is 0.481 e. The molecular weight excluding hydrogens is 372 g/mol. The number of carbonyl (C=O) groups is 5. The summed E-state index contributed by atoms with van der Waals surface area (Å²) in [6.07, 6.45) is -0.764. The van der Waals surface area contributed by atoms with Crippen LogP contribution in [-0.4, -0.2) is 81.5 Å². The van der Waals surface area contributed by atoms with Crippen LogP contribution in [-0.2, 0) is 24.0 Å². The minimum atomic E-state index is -1.57. The molecular formula is C13H22N4O8S. The quantitative estimate of drug-likeness (QED) is 0.162. The first kappa shape index (κ1) is 23.6. The van der Waals surface area contributed by atoms with Gasteiger partial charge in [-0.3, -0.25) is 19.2 Å². The summed E-state index contributed by atoms with van der Waals surface area (Å²) in [5, 5.41) is 32.7. The number of amides is 3. The van der Waals surface area contributed by atoms with Gasteiger partial charge >= 0.3 is 11.9 Å². The van der Waals surface area contributed by atoms with Gasteiger partial charge in [-0.1, -0.05) is 0 Å². The van der Waals surface area contributed by atoms with E-state index in [1.54, 1.807) is 0 Å². The van der Waals surface area contributed by atoms with Crippen LogP contribution in [0.25, 0.3) is 0 Å².